The summed E-state index contributed by atoms with van der Waals surface area (Å²) >= 11 is -1.02. The van der Waals surface area contributed by atoms with Gasteiger partial charge in [0.05, 0.1) is 0 Å². The second-order valence-electron chi connectivity index (χ2n) is 5.19. The molecule has 0 atom stereocenters. The summed E-state index contributed by atoms with van der Waals surface area (Å²) in [4.78, 5) is 0. The van der Waals surface area contributed by atoms with Crippen molar-refractivity contribution in [2.45, 2.75) is 36.6 Å². The van der Waals surface area contributed by atoms with Gasteiger partial charge in [0, 0.05) is 0 Å². The van der Waals surface area contributed by atoms with Gasteiger partial charge < -0.3 is 0 Å². The Morgan fingerprint density at radius 2 is 1.44 bits per heavy atom. The second-order valence-corrected chi connectivity index (χ2v) is 10.8. The van der Waals surface area contributed by atoms with Crippen LogP contribution in [0.5, 0.6) is 0 Å². The Morgan fingerprint density at radius 1 is 0.938 bits per heavy atom. The van der Waals surface area contributed by atoms with Gasteiger partial charge in [-0.05, 0) is 0 Å². The van der Waals surface area contributed by atoms with Crippen LogP contribution in [0.4, 0.5) is 0 Å². The van der Waals surface area contributed by atoms with E-state index in [2.05, 4.69) is 62.5 Å². The van der Waals surface area contributed by atoms with E-state index in [1.54, 1.807) is 0 Å². The summed E-state index contributed by atoms with van der Waals surface area (Å²) in [7, 11) is 0. The van der Waals surface area contributed by atoms with Crippen LogP contribution in [0.15, 0.2) is 30.3 Å². The molecule has 1 rings (SSSR count). The molecule has 0 unspecified atom stereocenters. The van der Waals surface area contributed by atoms with Crippen LogP contribution in [0, 0.1) is 16.3 Å². The number of benzene rings is 1. The Hall–Kier alpha value is -0.120. The van der Waals surface area contributed by atoms with Gasteiger partial charge >= 0.3 is 108 Å². The zero-order valence-electron chi connectivity index (χ0n) is 10.9. The van der Waals surface area contributed by atoms with Gasteiger partial charge in [-0.15, -0.1) is 0 Å². The number of hydrogen-bond donors (Lipinski definition) is 0. The fourth-order valence-electron chi connectivity index (χ4n) is 1.74. The van der Waals surface area contributed by atoms with E-state index in [-0.39, 0.29) is 0 Å². The third kappa shape index (κ3) is 5.83. The Morgan fingerprint density at radius 3 is 1.88 bits per heavy atom. The topological polar surface area (TPSA) is 0 Å². The van der Waals surface area contributed by atoms with Crippen LogP contribution in [-0.2, 0) is 0 Å². The molecule has 0 radical (unpaired) electrons. The van der Waals surface area contributed by atoms with E-state index in [0.717, 1.165) is 11.8 Å². The van der Waals surface area contributed by atoms with E-state index in [4.69, 9.17) is 0 Å². The zero-order valence-corrected chi connectivity index (χ0v) is 13.3. The molecule has 0 saturated carbocycles. The fraction of sp³-hybridized carbons (Fsp3) is 0.533. The van der Waals surface area contributed by atoms with E-state index < -0.39 is 19.6 Å². The van der Waals surface area contributed by atoms with Crippen molar-refractivity contribution in [2.75, 3.05) is 0 Å². The minimum absolute atomic E-state index is 0.857. The summed E-state index contributed by atoms with van der Waals surface area (Å²) in [6.07, 6.45) is 0. The SMILES string of the molecule is CC(C)C[Te+]([CH-]c1ccccc1)CC(C)C. The molecular weight excluding hydrogens is 308 g/mol. The van der Waals surface area contributed by atoms with E-state index in [1.165, 1.54) is 14.5 Å². The van der Waals surface area contributed by atoms with Gasteiger partial charge in [0.1, 0.15) is 0 Å². The first-order chi connectivity index (χ1) is 7.58. The van der Waals surface area contributed by atoms with E-state index in [9.17, 15) is 0 Å². The van der Waals surface area contributed by atoms with Crippen molar-refractivity contribution in [2.24, 2.45) is 11.8 Å². The van der Waals surface area contributed by atoms with Crippen molar-refractivity contribution in [3.8, 4) is 0 Å². The first kappa shape index (κ1) is 13.9. The maximum atomic E-state index is 2.61. The van der Waals surface area contributed by atoms with E-state index in [1.807, 2.05) is 0 Å². The van der Waals surface area contributed by atoms with E-state index >= 15 is 0 Å². The van der Waals surface area contributed by atoms with Crippen LogP contribution in [0.1, 0.15) is 33.3 Å². The van der Waals surface area contributed by atoms with Crippen LogP contribution in [-0.4, -0.2) is 19.6 Å². The monoisotopic (exact) mass is 334 g/mol. The Balaban J connectivity index is 2.56. The average molecular weight is 332 g/mol. The molecule has 0 amide bonds. The molecule has 1 heteroatoms. The van der Waals surface area contributed by atoms with Gasteiger partial charge in [-0.3, -0.25) is 0 Å². The average Bonchev–Trinajstić information content (AvgIpc) is 2.16. The number of hydrogen-bond acceptors (Lipinski definition) is 0. The molecular formula is C15H24Te. The zero-order chi connectivity index (χ0) is 12.0. The van der Waals surface area contributed by atoms with E-state index in [0.29, 0.717) is 0 Å². The Kier molecular flexibility index (Phi) is 6.32. The van der Waals surface area contributed by atoms with Crippen LogP contribution >= 0.6 is 0 Å². The van der Waals surface area contributed by atoms with Crippen LogP contribution < -0.4 is 0 Å². The molecule has 1 aromatic carbocycles. The molecule has 0 N–H and O–H groups in total. The van der Waals surface area contributed by atoms with Gasteiger partial charge in [0.15, 0.2) is 0 Å². The van der Waals surface area contributed by atoms with Crippen LogP contribution in [0.25, 0.3) is 0 Å². The molecule has 0 heterocycles. The standard InChI is InChI=1S/C15H24Te/c1-13(2)10-16(11-14(3)4)12-15-8-6-5-7-9-15/h5-9,12-14H,10-11H2,1-4H3. The van der Waals surface area contributed by atoms with Crippen molar-refractivity contribution < 1.29 is 0 Å². The summed E-state index contributed by atoms with van der Waals surface area (Å²) in [6, 6.07) is 10.9. The maximum absolute atomic E-state index is 2.61. The van der Waals surface area contributed by atoms with Gasteiger partial charge in [0.2, 0.25) is 0 Å². The van der Waals surface area contributed by atoms with Crippen molar-refractivity contribution in [3.05, 3.63) is 40.4 Å². The first-order valence-electron chi connectivity index (χ1n) is 6.14. The molecule has 0 saturated heterocycles. The van der Waals surface area contributed by atoms with Gasteiger partial charge in [0.25, 0.3) is 0 Å². The molecule has 90 valence electrons. The second kappa shape index (κ2) is 7.25. The summed E-state index contributed by atoms with van der Waals surface area (Å²) in [5, 5.41) is 0. The number of rotatable bonds is 6. The van der Waals surface area contributed by atoms with Gasteiger partial charge in [-0.1, -0.05) is 0 Å². The fourth-order valence-corrected chi connectivity index (χ4v) is 9.12. The Labute approximate surface area is 108 Å². The minimum atomic E-state index is -1.02. The normalized spacial score (nSPS) is 11.4. The molecule has 0 spiro atoms. The third-order valence-electron chi connectivity index (χ3n) is 2.20. The third-order valence-corrected chi connectivity index (χ3v) is 10.2. The van der Waals surface area contributed by atoms with Crippen LogP contribution in [0.3, 0.4) is 0 Å². The summed E-state index contributed by atoms with van der Waals surface area (Å²) in [5.41, 5.74) is 1.44. The molecule has 0 aliphatic rings. The Bertz CT molecular complexity index is 267. The molecule has 0 aliphatic carbocycles. The van der Waals surface area contributed by atoms with Gasteiger partial charge in [-0.25, -0.2) is 0 Å². The van der Waals surface area contributed by atoms with Crippen molar-refractivity contribution in [1.82, 2.24) is 0 Å². The van der Waals surface area contributed by atoms with Crippen LogP contribution in [0.2, 0.25) is 8.94 Å². The molecule has 0 aliphatic heterocycles. The van der Waals surface area contributed by atoms with Crippen molar-refractivity contribution in [1.29, 1.82) is 0 Å². The van der Waals surface area contributed by atoms with Crippen molar-refractivity contribution >= 4 is 19.6 Å². The predicted molar refractivity (Wildman–Crippen MR) is 74.9 cm³/mol. The van der Waals surface area contributed by atoms with Gasteiger partial charge in [-0.2, -0.15) is 0 Å². The predicted octanol–water partition coefficient (Wildman–Crippen LogP) is 4.58. The summed E-state index contributed by atoms with van der Waals surface area (Å²) < 4.78 is 5.55. The first-order valence-corrected chi connectivity index (χ1v) is 10.8. The molecule has 16 heavy (non-hydrogen) atoms. The molecule has 0 bridgehead atoms. The van der Waals surface area contributed by atoms with Crippen molar-refractivity contribution in [3.63, 3.8) is 0 Å². The molecule has 0 fully saturated rings. The molecule has 0 nitrogen and oxygen atoms in total. The quantitative estimate of drug-likeness (QED) is 0.528. The molecule has 0 aromatic heterocycles. The summed E-state index contributed by atoms with van der Waals surface area (Å²) in [6.45, 7) is 9.42. The summed E-state index contributed by atoms with van der Waals surface area (Å²) in [5.74, 6) is 1.71. The molecule has 1 aromatic rings.